The summed E-state index contributed by atoms with van der Waals surface area (Å²) in [5.74, 6) is -0.181. The van der Waals surface area contributed by atoms with Crippen molar-refractivity contribution in [2.75, 3.05) is 6.54 Å². The van der Waals surface area contributed by atoms with Crippen molar-refractivity contribution in [3.05, 3.63) is 88.8 Å². The van der Waals surface area contributed by atoms with Crippen LogP contribution in [0.5, 0.6) is 0 Å². The zero-order valence-corrected chi connectivity index (χ0v) is 17.9. The highest BCUT2D eigenvalue weighted by molar-refractivity contribution is 5.96. The van der Waals surface area contributed by atoms with Gasteiger partial charge in [-0.15, -0.1) is 4.58 Å². The smallest absolute Gasteiger partial charge is 0.312 e. The molecule has 0 saturated carbocycles. The summed E-state index contributed by atoms with van der Waals surface area (Å²) >= 11 is 0. The molecule has 1 saturated heterocycles. The highest BCUT2D eigenvalue weighted by Gasteiger charge is 2.35. The summed E-state index contributed by atoms with van der Waals surface area (Å²) in [5, 5.41) is 9.01. The molecule has 1 fully saturated rings. The summed E-state index contributed by atoms with van der Waals surface area (Å²) in [7, 11) is 0. The van der Waals surface area contributed by atoms with E-state index in [-0.39, 0.29) is 17.9 Å². The fourth-order valence-electron chi connectivity index (χ4n) is 4.25. The van der Waals surface area contributed by atoms with Crippen LogP contribution in [0, 0.1) is 11.3 Å². The van der Waals surface area contributed by atoms with Gasteiger partial charge in [-0.25, -0.2) is 15.6 Å². The number of fused-ring (bicyclic) bond motifs is 2. The number of nitriles is 1. The van der Waals surface area contributed by atoms with E-state index >= 15 is 0 Å². The van der Waals surface area contributed by atoms with Gasteiger partial charge in [-0.05, 0) is 42.7 Å². The highest BCUT2D eigenvalue weighted by Crippen LogP contribution is 2.24. The quantitative estimate of drug-likeness (QED) is 0.487. The maximum Gasteiger partial charge on any atom is 0.420 e. The first kappa shape index (κ1) is 21.0. The summed E-state index contributed by atoms with van der Waals surface area (Å²) in [6.45, 7) is 0.400. The van der Waals surface area contributed by atoms with Crippen LogP contribution in [0.25, 0.3) is 6.08 Å². The van der Waals surface area contributed by atoms with E-state index in [0.717, 1.165) is 35.1 Å². The Labute approximate surface area is 191 Å². The molecule has 1 aliphatic carbocycles. The minimum atomic E-state index is -0.160. The van der Waals surface area contributed by atoms with Crippen LogP contribution in [-0.2, 0) is 9.59 Å². The molecule has 5 rings (SSSR count). The van der Waals surface area contributed by atoms with Crippen molar-refractivity contribution in [2.24, 2.45) is 0 Å². The summed E-state index contributed by atoms with van der Waals surface area (Å²) < 4.78 is 1.63. The van der Waals surface area contributed by atoms with Crippen molar-refractivity contribution in [1.82, 2.24) is 21.3 Å². The van der Waals surface area contributed by atoms with Crippen molar-refractivity contribution >= 4 is 24.1 Å². The van der Waals surface area contributed by atoms with E-state index in [2.05, 4.69) is 22.5 Å². The van der Waals surface area contributed by atoms with Crippen molar-refractivity contribution in [2.45, 2.75) is 24.9 Å². The fourth-order valence-corrected chi connectivity index (χ4v) is 4.25. The third-order valence-electron chi connectivity index (χ3n) is 6.09. The molecule has 1 aromatic carbocycles. The summed E-state index contributed by atoms with van der Waals surface area (Å²) in [5.41, 5.74) is 13.1. The molecule has 2 amide bonds. The molecule has 8 nitrogen and oxygen atoms in total. The molecule has 33 heavy (non-hydrogen) atoms. The van der Waals surface area contributed by atoms with E-state index in [1.807, 2.05) is 36.7 Å². The molecule has 1 aromatic rings. The van der Waals surface area contributed by atoms with Crippen LogP contribution in [0.15, 0.2) is 77.7 Å². The van der Waals surface area contributed by atoms with E-state index in [1.54, 1.807) is 40.0 Å². The number of nitrogens with one attached hydrogen (secondary N) is 3. The number of amides is 2. The molecule has 3 aliphatic heterocycles. The maximum atomic E-state index is 13.0. The van der Waals surface area contributed by atoms with Gasteiger partial charge in [0.1, 0.15) is 0 Å². The standard InChI is InChI=1S/C25H23N6O2/c26-14-18-3-1-2-17(12-18)4-7-24(32)30-10-8-20-15-31(16-21(20)9-11-30)25(33)19-5-6-22-23(13-19)28-29-27-22/h1-4,7-10,12-13,15-16,22-23,27-29H,5-6,11H2/q+1/b7-4+/t22?,23-/m1/s1. The first-order chi connectivity index (χ1) is 16.1. The van der Waals surface area contributed by atoms with Gasteiger partial charge in [-0.1, -0.05) is 24.3 Å². The Kier molecular flexibility index (Phi) is 5.67. The van der Waals surface area contributed by atoms with Crippen LogP contribution in [0.2, 0.25) is 0 Å². The molecule has 3 heterocycles. The van der Waals surface area contributed by atoms with Crippen LogP contribution in [-0.4, -0.2) is 46.1 Å². The lowest BCUT2D eigenvalue weighted by atomic mass is 9.92. The molecule has 3 N–H and O–H groups in total. The molecule has 2 atom stereocenters. The highest BCUT2D eigenvalue weighted by atomic mass is 16.2. The second kappa shape index (κ2) is 8.92. The number of carbonyl (C=O) groups excluding carboxylic acids is 2. The SMILES string of the molecule is N#Cc1cccc(/C=C/C(=O)N2C=CC3=C[N+](C(=O)C4=C[C@H]5NNNC5CC4)=CC3=CC2)c1. The minimum Gasteiger partial charge on any atom is -0.312 e. The van der Waals surface area contributed by atoms with Crippen molar-refractivity contribution in [3.63, 3.8) is 0 Å². The van der Waals surface area contributed by atoms with Crippen LogP contribution in [0.3, 0.4) is 0 Å². The van der Waals surface area contributed by atoms with Crippen LogP contribution in [0.4, 0.5) is 0 Å². The van der Waals surface area contributed by atoms with Crippen molar-refractivity contribution < 1.29 is 14.2 Å². The number of carbonyl (C=O) groups is 2. The molecule has 0 spiro atoms. The summed E-state index contributed by atoms with van der Waals surface area (Å²) in [6, 6.07) is 9.59. The minimum absolute atomic E-state index is 0.0208. The van der Waals surface area contributed by atoms with Crippen LogP contribution < -0.4 is 16.4 Å². The third kappa shape index (κ3) is 4.38. The maximum absolute atomic E-state index is 13.0. The number of benzene rings is 1. The monoisotopic (exact) mass is 439 g/mol. The Morgan fingerprint density at radius 3 is 3.03 bits per heavy atom. The molecule has 1 unspecified atom stereocenters. The number of allylic oxidation sites excluding steroid dienone is 3. The predicted octanol–water partition coefficient (Wildman–Crippen LogP) is 1.43. The Hall–Kier alpha value is -3.90. The Morgan fingerprint density at radius 2 is 2.15 bits per heavy atom. The number of hydrazine groups is 2. The van der Waals surface area contributed by atoms with Crippen LogP contribution in [0.1, 0.15) is 24.0 Å². The zero-order chi connectivity index (χ0) is 22.8. The van der Waals surface area contributed by atoms with Gasteiger partial charge in [-0.2, -0.15) is 10.8 Å². The Balaban J connectivity index is 1.26. The van der Waals surface area contributed by atoms with Crippen LogP contribution >= 0.6 is 0 Å². The lowest BCUT2D eigenvalue weighted by molar-refractivity contribution is -0.369. The summed E-state index contributed by atoms with van der Waals surface area (Å²) in [6.07, 6.45) is 16.0. The number of rotatable bonds is 3. The first-order valence-electron chi connectivity index (χ1n) is 10.8. The molecule has 0 bridgehead atoms. The first-order valence-corrected chi connectivity index (χ1v) is 10.8. The van der Waals surface area contributed by atoms with Gasteiger partial charge in [0.2, 0.25) is 0 Å². The molecular weight excluding hydrogens is 416 g/mol. The average Bonchev–Trinajstić information content (AvgIpc) is 3.44. The molecular formula is C25H23N6O2+. The van der Waals surface area contributed by atoms with E-state index < -0.39 is 0 Å². The normalized spacial score (nSPS) is 23.7. The number of hydrogen-bond donors (Lipinski definition) is 3. The lowest BCUT2D eigenvalue weighted by Gasteiger charge is -2.20. The Bertz CT molecular complexity index is 1240. The fraction of sp³-hybridized carbons (Fsp3) is 0.200. The molecule has 0 radical (unpaired) electrons. The van der Waals surface area contributed by atoms with Gasteiger partial charge < -0.3 is 4.90 Å². The van der Waals surface area contributed by atoms with Gasteiger partial charge in [0.25, 0.3) is 5.91 Å². The Morgan fingerprint density at radius 1 is 1.24 bits per heavy atom. The molecule has 8 heteroatoms. The van der Waals surface area contributed by atoms with Gasteiger partial charge in [0, 0.05) is 30.4 Å². The lowest BCUT2D eigenvalue weighted by Crippen LogP contribution is -2.36. The predicted molar refractivity (Wildman–Crippen MR) is 123 cm³/mol. The largest absolute Gasteiger partial charge is 0.420 e. The van der Waals surface area contributed by atoms with Crippen molar-refractivity contribution in [1.29, 1.82) is 5.26 Å². The summed E-state index contributed by atoms with van der Waals surface area (Å²) in [4.78, 5) is 27.3. The number of nitrogens with zero attached hydrogens (tertiary/aromatic N) is 3. The van der Waals surface area contributed by atoms with Crippen molar-refractivity contribution in [3.8, 4) is 6.07 Å². The van der Waals surface area contributed by atoms with Gasteiger partial charge in [0.05, 0.1) is 28.8 Å². The molecule has 164 valence electrons. The zero-order valence-electron chi connectivity index (χ0n) is 17.9. The van der Waals surface area contributed by atoms with Gasteiger partial charge >= 0.3 is 5.91 Å². The third-order valence-corrected chi connectivity index (χ3v) is 6.09. The second-order valence-electron chi connectivity index (χ2n) is 8.24. The number of hydrogen-bond acceptors (Lipinski definition) is 6. The van der Waals surface area contributed by atoms with Gasteiger partial charge in [-0.3, -0.25) is 4.79 Å². The molecule has 0 aromatic heterocycles. The average molecular weight is 439 g/mol. The van der Waals surface area contributed by atoms with E-state index in [0.29, 0.717) is 18.2 Å². The second-order valence-corrected chi connectivity index (χ2v) is 8.24. The van der Waals surface area contributed by atoms with E-state index in [9.17, 15) is 9.59 Å². The topological polar surface area (TPSA) is 100 Å². The van der Waals surface area contributed by atoms with Gasteiger partial charge in [0.15, 0.2) is 12.4 Å². The van der Waals surface area contributed by atoms with E-state index in [4.69, 9.17) is 5.26 Å². The molecule has 4 aliphatic rings. The van der Waals surface area contributed by atoms with E-state index in [1.165, 1.54) is 6.08 Å².